The van der Waals surface area contributed by atoms with E-state index in [9.17, 15) is 0 Å². The van der Waals surface area contributed by atoms with Crippen LogP contribution in [0, 0.1) is 0 Å². The maximum Gasteiger partial charge on any atom is 0.136 e. The fourth-order valence-corrected chi connectivity index (χ4v) is 2.82. The van der Waals surface area contributed by atoms with Crippen LogP contribution in [0.25, 0.3) is 11.0 Å². The maximum atomic E-state index is 5.91. The molecule has 3 rings (SSSR count). The average molecular weight is 324 g/mol. The van der Waals surface area contributed by atoms with Crippen molar-refractivity contribution in [2.24, 2.45) is 0 Å². The molecule has 0 spiro atoms. The molecule has 0 fully saturated rings. The Morgan fingerprint density at radius 2 is 1.79 bits per heavy atom. The molecule has 0 bridgehead atoms. The van der Waals surface area contributed by atoms with Crippen LogP contribution in [0.4, 0.5) is 0 Å². The first-order chi connectivity index (χ1) is 11.7. The molecule has 4 nitrogen and oxygen atoms in total. The molecule has 0 aliphatic carbocycles. The maximum absolute atomic E-state index is 5.91. The molecule has 126 valence electrons. The molecule has 0 aliphatic rings. The fraction of sp³-hybridized carbons (Fsp3) is 0.350. The molecule has 0 saturated carbocycles. The van der Waals surface area contributed by atoms with Crippen molar-refractivity contribution in [1.29, 1.82) is 0 Å². The van der Waals surface area contributed by atoms with Crippen LogP contribution in [0.2, 0.25) is 0 Å². The second-order valence-electron chi connectivity index (χ2n) is 6.17. The van der Waals surface area contributed by atoms with Gasteiger partial charge in [0.2, 0.25) is 0 Å². The molecule has 0 radical (unpaired) electrons. The molecular weight excluding hydrogens is 300 g/mol. The Bertz CT molecular complexity index is 791. The van der Waals surface area contributed by atoms with E-state index in [-0.39, 0.29) is 0 Å². The molecule has 0 aliphatic heterocycles. The van der Waals surface area contributed by atoms with Crippen molar-refractivity contribution in [3.05, 3.63) is 59.9 Å². The van der Waals surface area contributed by atoms with E-state index in [1.165, 1.54) is 5.56 Å². The number of ether oxygens (including phenoxy) is 2. The predicted molar refractivity (Wildman–Crippen MR) is 96.5 cm³/mol. The van der Waals surface area contributed by atoms with Crippen molar-refractivity contribution >= 4 is 11.0 Å². The highest BCUT2D eigenvalue weighted by atomic mass is 16.5. The third kappa shape index (κ3) is 3.60. The normalized spacial score (nSPS) is 11.3. The first kappa shape index (κ1) is 16.5. The van der Waals surface area contributed by atoms with Gasteiger partial charge in [0, 0.05) is 7.11 Å². The smallest absolute Gasteiger partial charge is 0.136 e. The van der Waals surface area contributed by atoms with Gasteiger partial charge in [-0.05, 0) is 35.7 Å². The molecule has 0 saturated heterocycles. The number of imidazole rings is 1. The molecule has 24 heavy (non-hydrogen) atoms. The predicted octanol–water partition coefficient (Wildman–Crippen LogP) is 4.39. The van der Waals surface area contributed by atoms with Gasteiger partial charge in [0.05, 0.1) is 17.6 Å². The number of hydrogen-bond acceptors (Lipinski definition) is 3. The molecule has 2 aromatic carbocycles. The van der Waals surface area contributed by atoms with E-state index in [4.69, 9.17) is 9.47 Å². The van der Waals surface area contributed by atoms with Crippen LogP contribution in [0.1, 0.15) is 31.2 Å². The Morgan fingerprint density at radius 1 is 1.04 bits per heavy atom. The topological polar surface area (TPSA) is 36.3 Å². The van der Waals surface area contributed by atoms with Gasteiger partial charge in [-0.2, -0.15) is 0 Å². The van der Waals surface area contributed by atoms with Crippen LogP contribution in [0.15, 0.2) is 48.5 Å². The molecule has 1 heterocycles. The average Bonchev–Trinajstić information content (AvgIpc) is 2.93. The minimum atomic E-state index is 0.498. The Hall–Kier alpha value is -2.33. The number of aromatic nitrogens is 2. The number of fused-ring (bicyclic) bond motifs is 1. The zero-order chi connectivity index (χ0) is 16.9. The summed E-state index contributed by atoms with van der Waals surface area (Å²) >= 11 is 0. The van der Waals surface area contributed by atoms with E-state index >= 15 is 0 Å². The van der Waals surface area contributed by atoms with Gasteiger partial charge in [-0.15, -0.1) is 0 Å². The Kier molecular flexibility index (Phi) is 5.16. The molecule has 3 aromatic rings. The number of hydrogen-bond donors (Lipinski definition) is 0. The molecule has 0 amide bonds. The summed E-state index contributed by atoms with van der Waals surface area (Å²) in [6.45, 7) is 6.22. The number of benzene rings is 2. The van der Waals surface area contributed by atoms with Crippen molar-refractivity contribution in [1.82, 2.24) is 9.55 Å². The standard InChI is InChI=1S/C20H24N2O2/c1-15(2)16-8-10-17(11-9-16)24-13-12-22-19-7-5-4-6-18(19)21-20(22)14-23-3/h4-11,15H,12-14H2,1-3H3. The van der Waals surface area contributed by atoms with Crippen molar-refractivity contribution in [2.45, 2.75) is 32.9 Å². The van der Waals surface area contributed by atoms with Crippen LogP contribution >= 0.6 is 0 Å². The summed E-state index contributed by atoms with van der Waals surface area (Å²) in [5, 5.41) is 0. The van der Waals surface area contributed by atoms with Crippen LogP contribution in [-0.4, -0.2) is 23.3 Å². The van der Waals surface area contributed by atoms with E-state index in [1.807, 2.05) is 30.3 Å². The van der Waals surface area contributed by atoms with E-state index in [1.54, 1.807) is 7.11 Å². The largest absolute Gasteiger partial charge is 0.492 e. The van der Waals surface area contributed by atoms with Gasteiger partial charge in [-0.3, -0.25) is 0 Å². The van der Waals surface area contributed by atoms with Crippen molar-refractivity contribution in [3.8, 4) is 5.75 Å². The quantitative estimate of drug-likeness (QED) is 0.647. The zero-order valence-corrected chi connectivity index (χ0v) is 14.5. The van der Waals surface area contributed by atoms with Crippen molar-refractivity contribution in [2.75, 3.05) is 13.7 Å². The number of para-hydroxylation sites is 2. The van der Waals surface area contributed by atoms with Gasteiger partial charge in [0.1, 0.15) is 24.8 Å². The second-order valence-corrected chi connectivity index (χ2v) is 6.17. The molecule has 1 aromatic heterocycles. The molecule has 4 heteroatoms. The Balaban J connectivity index is 1.70. The first-order valence-corrected chi connectivity index (χ1v) is 8.35. The van der Waals surface area contributed by atoms with Crippen LogP contribution < -0.4 is 4.74 Å². The Morgan fingerprint density at radius 3 is 2.50 bits per heavy atom. The summed E-state index contributed by atoms with van der Waals surface area (Å²) in [6, 6.07) is 16.5. The van der Waals surface area contributed by atoms with E-state index in [0.29, 0.717) is 19.1 Å². The third-order valence-electron chi connectivity index (χ3n) is 4.14. The SMILES string of the molecule is COCc1nc2ccccc2n1CCOc1ccc(C(C)C)cc1. The van der Waals surface area contributed by atoms with E-state index in [0.717, 1.165) is 29.2 Å². The van der Waals surface area contributed by atoms with Gasteiger partial charge in [0.15, 0.2) is 0 Å². The van der Waals surface area contributed by atoms with Crippen molar-refractivity contribution in [3.63, 3.8) is 0 Å². The van der Waals surface area contributed by atoms with Gasteiger partial charge >= 0.3 is 0 Å². The summed E-state index contributed by atoms with van der Waals surface area (Å²) in [5.74, 6) is 2.36. The zero-order valence-electron chi connectivity index (χ0n) is 14.5. The second kappa shape index (κ2) is 7.49. The van der Waals surface area contributed by atoms with Gasteiger partial charge in [0.25, 0.3) is 0 Å². The molecule has 0 N–H and O–H groups in total. The fourth-order valence-electron chi connectivity index (χ4n) is 2.82. The first-order valence-electron chi connectivity index (χ1n) is 8.35. The Labute approximate surface area is 143 Å². The summed E-state index contributed by atoms with van der Waals surface area (Å²) < 4.78 is 13.3. The van der Waals surface area contributed by atoms with Gasteiger partial charge in [-0.25, -0.2) is 4.98 Å². The van der Waals surface area contributed by atoms with Gasteiger partial charge < -0.3 is 14.0 Å². The van der Waals surface area contributed by atoms with E-state index < -0.39 is 0 Å². The molecule has 0 unspecified atom stereocenters. The van der Waals surface area contributed by atoms with E-state index in [2.05, 4.69) is 41.6 Å². The summed E-state index contributed by atoms with van der Waals surface area (Å²) in [4.78, 5) is 4.64. The monoisotopic (exact) mass is 324 g/mol. The summed E-state index contributed by atoms with van der Waals surface area (Å²) in [7, 11) is 1.69. The third-order valence-corrected chi connectivity index (χ3v) is 4.14. The summed E-state index contributed by atoms with van der Waals surface area (Å²) in [5.41, 5.74) is 3.43. The molecular formula is C20H24N2O2. The van der Waals surface area contributed by atoms with Crippen LogP contribution in [0.3, 0.4) is 0 Å². The van der Waals surface area contributed by atoms with Crippen molar-refractivity contribution < 1.29 is 9.47 Å². The number of methoxy groups -OCH3 is 1. The highest BCUT2D eigenvalue weighted by Gasteiger charge is 2.10. The van der Waals surface area contributed by atoms with Crippen LogP contribution in [-0.2, 0) is 17.9 Å². The lowest BCUT2D eigenvalue weighted by molar-refractivity contribution is 0.173. The lowest BCUT2D eigenvalue weighted by Crippen LogP contribution is -2.11. The highest BCUT2D eigenvalue weighted by Crippen LogP contribution is 2.20. The van der Waals surface area contributed by atoms with Gasteiger partial charge in [-0.1, -0.05) is 38.1 Å². The van der Waals surface area contributed by atoms with Crippen LogP contribution in [0.5, 0.6) is 5.75 Å². The minimum Gasteiger partial charge on any atom is -0.492 e. The lowest BCUT2D eigenvalue weighted by Gasteiger charge is -2.11. The molecule has 0 atom stereocenters. The highest BCUT2D eigenvalue weighted by molar-refractivity contribution is 5.75. The number of rotatable bonds is 7. The minimum absolute atomic E-state index is 0.498. The summed E-state index contributed by atoms with van der Waals surface area (Å²) in [6.07, 6.45) is 0. The number of nitrogens with zero attached hydrogens (tertiary/aromatic N) is 2. The lowest BCUT2D eigenvalue weighted by atomic mass is 10.0.